The number of imide groups is 1. The van der Waals surface area contributed by atoms with Gasteiger partial charge in [0, 0.05) is 80.2 Å². The number of fused-ring (bicyclic) bond motifs is 2. The summed E-state index contributed by atoms with van der Waals surface area (Å²) >= 11 is 0. The highest BCUT2D eigenvalue weighted by Gasteiger charge is 2.46. The summed E-state index contributed by atoms with van der Waals surface area (Å²) in [5.41, 5.74) is 1.21. The largest absolute Gasteiger partial charge is 0.369 e. The van der Waals surface area contributed by atoms with E-state index in [0.29, 0.717) is 60.3 Å². The molecule has 6 aliphatic rings. The maximum atomic E-state index is 16.1. The van der Waals surface area contributed by atoms with Gasteiger partial charge in [-0.15, -0.1) is 0 Å². The predicted molar refractivity (Wildman–Crippen MR) is 245 cm³/mol. The van der Waals surface area contributed by atoms with Crippen LogP contribution >= 0.6 is 0 Å². The van der Waals surface area contributed by atoms with E-state index in [4.69, 9.17) is 0 Å². The number of halogens is 4. The fourth-order valence-electron chi connectivity index (χ4n) is 10.9. The standard InChI is InChI=1S/C49H52F4N8O6S/c1-49(53)14-8-39(57-68(66,67)60-19-13-34(50)27-60)44(52)43(49)45(63)37-24-55-46-36(37)21-32(23-54-46)31-3-5-40(38(51)22-31)59-17-9-28(10-18-59)25-58-15-11-29(12-16-58)30-2-4-35-33(20-30)26-61(48(35)65)41-6-7-42(62)56-47(41)64/h2-5,8,14,20-24,28-29,34,41,43,57H,6-7,9-13,15-19,25-27H2,1H3,(H,54,55)(H,56,62,64)/t34-,41-,43?,49?/m1/s1. The van der Waals surface area contributed by atoms with Crippen molar-refractivity contribution in [3.8, 4) is 11.1 Å². The number of hydrogen-bond acceptors (Lipinski definition) is 9. The van der Waals surface area contributed by atoms with Crippen molar-refractivity contribution in [2.24, 2.45) is 11.8 Å². The molecule has 7 heterocycles. The van der Waals surface area contributed by atoms with Crippen LogP contribution in [-0.4, -0.2) is 120 Å². The van der Waals surface area contributed by atoms with E-state index in [9.17, 15) is 32.0 Å². The van der Waals surface area contributed by atoms with Gasteiger partial charge in [-0.1, -0.05) is 18.2 Å². The highest BCUT2D eigenvalue weighted by molar-refractivity contribution is 7.87. The van der Waals surface area contributed by atoms with Crippen LogP contribution in [0.3, 0.4) is 0 Å². The van der Waals surface area contributed by atoms with Crippen molar-refractivity contribution >= 4 is 50.4 Å². The second kappa shape index (κ2) is 17.9. The lowest BCUT2D eigenvalue weighted by Crippen LogP contribution is -2.52. The zero-order chi connectivity index (χ0) is 47.6. The van der Waals surface area contributed by atoms with Crippen LogP contribution in [0.2, 0.25) is 0 Å². The Morgan fingerprint density at radius 1 is 0.941 bits per heavy atom. The summed E-state index contributed by atoms with van der Waals surface area (Å²) < 4.78 is 90.5. The highest BCUT2D eigenvalue weighted by Crippen LogP contribution is 2.41. The molecule has 4 saturated heterocycles. The number of H-pyrrole nitrogens is 1. The van der Waals surface area contributed by atoms with Gasteiger partial charge in [0.25, 0.3) is 5.91 Å². The number of rotatable bonds is 11. The Kier molecular flexibility index (Phi) is 12.0. The summed E-state index contributed by atoms with van der Waals surface area (Å²) in [5.74, 6) is -4.81. The topological polar surface area (TPSA) is 168 Å². The van der Waals surface area contributed by atoms with Gasteiger partial charge in [0.15, 0.2) is 5.78 Å². The molecule has 0 bridgehead atoms. The van der Waals surface area contributed by atoms with Crippen molar-refractivity contribution in [3.05, 3.63) is 107 Å². The van der Waals surface area contributed by atoms with Crippen molar-refractivity contribution in [1.82, 2.24) is 34.1 Å². The molecule has 0 radical (unpaired) electrons. The quantitative estimate of drug-likeness (QED) is 0.0878. The number of anilines is 1. The number of allylic oxidation sites excluding steroid dienone is 3. The maximum absolute atomic E-state index is 16.1. The number of Topliss-reactive ketones (excluding diaryl/α,β-unsaturated/α-hetero) is 1. The van der Waals surface area contributed by atoms with Crippen molar-refractivity contribution in [2.75, 3.05) is 50.7 Å². The molecule has 4 aromatic rings. The van der Waals surface area contributed by atoms with E-state index in [1.807, 2.05) is 12.1 Å². The van der Waals surface area contributed by atoms with Crippen LogP contribution in [0, 0.1) is 17.7 Å². The van der Waals surface area contributed by atoms with Gasteiger partial charge < -0.3 is 19.7 Å². The van der Waals surface area contributed by atoms with Gasteiger partial charge in [0.2, 0.25) is 11.8 Å². The molecule has 2 unspecified atom stereocenters. The number of nitrogens with one attached hydrogen (secondary N) is 3. The predicted octanol–water partition coefficient (Wildman–Crippen LogP) is 6.38. The summed E-state index contributed by atoms with van der Waals surface area (Å²) in [6.07, 6.45) is 7.62. The molecule has 19 heteroatoms. The molecule has 3 N–H and O–H groups in total. The Labute approximate surface area is 391 Å². The molecule has 358 valence electrons. The summed E-state index contributed by atoms with van der Waals surface area (Å²) in [5, 5.41) is 2.60. The van der Waals surface area contributed by atoms with Gasteiger partial charge in [-0.25, -0.2) is 22.5 Å². The summed E-state index contributed by atoms with van der Waals surface area (Å²) in [6.45, 7) is 5.12. The first-order valence-electron chi connectivity index (χ1n) is 23.3. The molecule has 2 aromatic heterocycles. The first kappa shape index (κ1) is 45.8. The Hall–Kier alpha value is -5.92. The van der Waals surface area contributed by atoms with Crippen LogP contribution in [0.5, 0.6) is 0 Å². The molecule has 2 aromatic carbocycles. The fraction of sp³-hybridized carbons (Fsp3) is 0.449. The number of carbonyl (C=O) groups excluding carboxylic acids is 4. The Morgan fingerprint density at radius 3 is 2.44 bits per heavy atom. The number of piperidine rings is 3. The lowest BCUT2D eigenvalue weighted by Gasteiger charge is -2.38. The molecule has 3 amide bonds. The summed E-state index contributed by atoms with van der Waals surface area (Å²) in [6, 6.07) is 11.9. The number of aromatic nitrogens is 2. The van der Waals surface area contributed by atoms with Gasteiger partial charge in [-0.2, -0.15) is 12.7 Å². The molecule has 4 atom stereocenters. The number of alkyl halides is 2. The number of carbonyl (C=O) groups is 4. The van der Waals surface area contributed by atoms with Crippen LogP contribution in [-0.2, 0) is 26.3 Å². The number of pyridine rings is 1. The van der Waals surface area contributed by atoms with Crippen LogP contribution in [0.4, 0.5) is 23.2 Å². The maximum Gasteiger partial charge on any atom is 0.301 e. The lowest BCUT2D eigenvalue weighted by molar-refractivity contribution is -0.136. The first-order valence-corrected chi connectivity index (χ1v) is 24.7. The third kappa shape index (κ3) is 8.72. The smallest absolute Gasteiger partial charge is 0.301 e. The molecule has 0 spiro atoms. The number of hydrogen-bond donors (Lipinski definition) is 3. The van der Waals surface area contributed by atoms with Gasteiger partial charge in [0.1, 0.15) is 41.1 Å². The second-order valence-corrected chi connectivity index (χ2v) is 20.9. The average Bonchev–Trinajstić information content (AvgIpc) is 4.04. The molecule has 68 heavy (non-hydrogen) atoms. The van der Waals surface area contributed by atoms with E-state index >= 15 is 13.2 Å². The van der Waals surface area contributed by atoms with Crippen LogP contribution < -0.4 is 14.9 Å². The fourth-order valence-corrected chi connectivity index (χ4v) is 12.1. The van der Waals surface area contributed by atoms with Gasteiger partial charge in [-0.05, 0) is 123 Å². The zero-order valence-corrected chi connectivity index (χ0v) is 38.3. The average molecular weight is 957 g/mol. The van der Waals surface area contributed by atoms with E-state index in [1.165, 1.54) is 24.0 Å². The van der Waals surface area contributed by atoms with E-state index in [-0.39, 0.29) is 47.8 Å². The number of ketones is 1. The zero-order valence-electron chi connectivity index (χ0n) is 37.4. The molecule has 14 nitrogen and oxygen atoms in total. The minimum Gasteiger partial charge on any atom is -0.369 e. The van der Waals surface area contributed by atoms with E-state index in [0.717, 1.165) is 74.3 Å². The van der Waals surface area contributed by atoms with E-state index in [1.54, 1.807) is 23.1 Å². The molecule has 0 saturated carbocycles. The van der Waals surface area contributed by atoms with Crippen molar-refractivity contribution in [2.45, 2.75) is 82.2 Å². The molecule has 1 aliphatic carbocycles. The number of amides is 3. The van der Waals surface area contributed by atoms with Crippen LogP contribution in [0.25, 0.3) is 22.2 Å². The SMILES string of the molecule is CC1(F)C=CC(NS(=O)(=O)N2CC[C@@H](F)C2)=C(F)C1C(=O)c1c[nH]c2ncc(-c3ccc(N4CCC(CN5CCC(c6ccc7c(c6)CN([C@@H]6CCC(=O)NC6=O)C7=O)CC5)CC4)c(F)c3)cc12. The van der Waals surface area contributed by atoms with Gasteiger partial charge >= 0.3 is 10.2 Å². The number of likely N-dealkylation sites (tertiary alicyclic amines) is 1. The molecule has 10 rings (SSSR count). The Morgan fingerprint density at radius 2 is 1.72 bits per heavy atom. The number of nitrogens with zero attached hydrogens (tertiary/aromatic N) is 5. The van der Waals surface area contributed by atoms with E-state index in [2.05, 4.69) is 35.9 Å². The molecular weight excluding hydrogens is 905 g/mol. The van der Waals surface area contributed by atoms with Crippen LogP contribution in [0.15, 0.2) is 78.5 Å². The summed E-state index contributed by atoms with van der Waals surface area (Å²) in [7, 11) is -4.39. The van der Waals surface area contributed by atoms with E-state index < -0.39 is 69.6 Å². The summed E-state index contributed by atoms with van der Waals surface area (Å²) in [4.78, 5) is 64.8. The highest BCUT2D eigenvalue weighted by atomic mass is 32.2. The minimum atomic E-state index is -4.39. The first-order chi connectivity index (χ1) is 32.5. The van der Waals surface area contributed by atoms with Crippen molar-refractivity contribution in [1.29, 1.82) is 0 Å². The third-order valence-corrected chi connectivity index (χ3v) is 16.2. The number of aromatic amines is 1. The molecular formula is C49H52F4N8O6S. The van der Waals surface area contributed by atoms with Gasteiger partial charge in [-0.3, -0.25) is 29.2 Å². The van der Waals surface area contributed by atoms with Crippen molar-refractivity contribution < 1.29 is 45.2 Å². The Balaban J connectivity index is 0.744. The third-order valence-electron chi connectivity index (χ3n) is 14.7. The molecule has 5 aliphatic heterocycles. The normalized spacial score (nSPS) is 25.7. The lowest BCUT2D eigenvalue weighted by atomic mass is 9.80. The minimum absolute atomic E-state index is 0.0112. The van der Waals surface area contributed by atoms with Gasteiger partial charge in [0.05, 0.1) is 11.4 Å². The number of benzene rings is 2. The molecule has 4 fully saturated rings. The van der Waals surface area contributed by atoms with Crippen molar-refractivity contribution in [3.63, 3.8) is 0 Å². The monoisotopic (exact) mass is 956 g/mol. The Bertz CT molecular complexity index is 2890. The van der Waals surface area contributed by atoms with Crippen LogP contribution in [0.1, 0.15) is 89.6 Å². The second-order valence-electron chi connectivity index (χ2n) is 19.2.